The number of hydrogen-bond acceptors (Lipinski definition) is 5. The lowest BCUT2D eigenvalue weighted by molar-refractivity contribution is -0.119. The molecule has 1 fully saturated rings. The van der Waals surface area contributed by atoms with Gasteiger partial charge in [0.15, 0.2) is 0 Å². The molecule has 1 aromatic carbocycles. The van der Waals surface area contributed by atoms with Gasteiger partial charge >= 0.3 is 0 Å². The SMILES string of the molecule is COc1cc(-c2cn[nH]c2)ncc1NC(=O)C1CNCC1c1ccccc1. The van der Waals surface area contributed by atoms with Crippen LogP contribution in [0.25, 0.3) is 11.3 Å². The van der Waals surface area contributed by atoms with Crippen LogP contribution in [-0.2, 0) is 4.79 Å². The Labute approximate surface area is 157 Å². The predicted octanol–water partition coefficient (Wildman–Crippen LogP) is 2.42. The highest BCUT2D eigenvalue weighted by Gasteiger charge is 2.34. The van der Waals surface area contributed by atoms with Crippen molar-refractivity contribution in [2.24, 2.45) is 5.92 Å². The van der Waals surface area contributed by atoms with E-state index in [1.807, 2.05) is 18.2 Å². The van der Waals surface area contributed by atoms with Crippen molar-refractivity contribution in [3.63, 3.8) is 0 Å². The highest BCUT2D eigenvalue weighted by molar-refractivity contribution is 5.95. The summed E-state index contributed by atoms with van der Waals surface area (Å²) < 4.78 is 5.46. The lowest BCUT2D eigenvalue weighted by Gasteiger charge is -2.19. The van der Waals surface area contributed by atoms with Gasteiger partial charge in [-0.3, -0.25) is 14.9 Å². The molecule has 2 unspecified atom stereocenters. The number of carbonyl (C=O) groups is 1. The molecule has 27 heavy (non-hydrogen) atoms. The molecule has 1 aliphatic rings. The normalized spacial score (nSPS) is 19.0. The maximum atomic E-state index is 12.9. The molecule has 4 rings (SSSR count). The molecule has 7 heteroatoms. The molecule has 1 saturated heterocycles. The molecule has 0 radical (unpaired) electrons. The zero-order chi connectivity index (χ0) is 18.6. The first-order valence-corrected chi connectivity index (χ1v) is 8.86. The van der Waals surface area contributed by atoms with Crippen LogP contribution < -0.4 is 15.4 Å². The van der Waals surface area contributed by atoms with Crippen molar-refractivity contribution in [2.75, 3.05) is 25.5 Å². The predicted molar refractivity (Wildman–Crippen MR) is 103 cm³/mol. The van der Waals surface area contributed by atoms with Crippen molar-refractivity contribution in [3.8, 4) is 17.0 Å². The maximum Gasteiger partial charge on any atom is 0.229 e. The summed E-state index contributed by atoms with van der Waals surface area (Å²) >= 11 is 0. The van der Waals surface area contributed by atoms with E-state index >= 15 is 0 Å². The number of amides is 1. The molecule has 138 valence electrons. The Balaban J connectivity index is 1.54. The second-order valence-electron chi connectivity index (χ2n) is 6.53. The Morgan fingerprint density at radius 2 is 2.07 bits per heavy atom. The number of rotatable bonds is 5. The van der Waals surface area contributed by atoms with Crippen LogP contribution in [0.2, 0.25) is 0 Å². The van der Waals surface area contributed by atoms with Crippen molar-refractivity contribution < 1.29 is 9.53 Å². The van der Waals surface area contributed by atoms with E-state index in [0.717, 1.165) is 17.8 Å². The summed E-state index contributed by atoms with van der Waals surface area (Å²) in [4.78, 5) is 17.3. The fraction of sp³-hybridized carbons (Fsp3) is 0.250. The van der Waals surface area contributed by atoms with Gasteiger partial charge in [-0.1, -0.05) is 30.3 Å². The number of benzene rings is 1. The number of ether oxygens (including phenoxy) is 1. The molecule has 3 aromatic rings. The summed E-state index contributed by atoms with van der Waals surface area (Å²) in [6.07, 6.45) is 5.07. The Kier molecular flexibility index (Phi) is 4.84. The van der Waals surface area contributed by atoms with Gasteiger partial charge in [0, 0.05) is 36.8 Å². The summed E-state index contributed by atoms with van der Waals surface area (Å²) in [6.45, 7) is 1.44. The lowest BCUT2D eigenvalue weighted by atomic mass is 9.88. The van der Waals surface area contributed by atoms with E-state index in [4.69, 9.17) is 4.74 Å². The van der Waals surface area contributed by atoms with Crippen LogP contribution in [0.3, 0.4) is 0 Å². The Bertz CT molecular complexity index is 911. The fourth-order valence-electron chi connectivity index (χ4n) is 3.48. The van der Waals surface area contributed by atoms with Gasteiger partial charge in [-0.2, -0.15) is 5.10 Å². The molecule has 2 aromatic heterocycles. The van der Waals surface area contributed by atoms with Crippen LogP contribution in [0.4, 0.5) is 5.69 Å². The average molecular weight is 363 g/mol. The summed E-state index contributed by atoms with van der Waals surface area (Å²) in [7, 11) is 1.58. The molecule has 2 atom stereocenters. The van der Waals surface area contributed by atoms with E-state index in [1.54, 1.807) is 31.8 Å². The van der Waals surface area contributed by atoms with E-state index in [1.165, 1.54) is 5.56 Å². The number of carbonyl (C=O) groups excluding carboxylic acids is 1. The molecule has 1 aliphatic heterocycles. The quantitative estimate of drug-likeness (QED) is 0.647. The van der Waals surface area contributed by atoms with Crippen LogP contribution in [0.5, 0.6) is 5.75 Å². The number of nitrogens with one attached hydrogen (secondary N) is 3. The zero-order valence-corrected chi connectivity index (χ0v) is 15.0. The first-order valence-electron chi connectivity index (χ1n) is 8.86. The van der Waals surface area contributed by atoms with Crippen molar-refractivity contribution in [3.05, 3.63) is 60.6 Å². The second-order valence-corrected chi connectivity index (χ2v) is 6.53. The molecular formula is C20H21N5O2. The number of pyridine rings is 1. The van der Waals surface area contributed by atoms with Crippen LogP contribution in [0, 0.1) is 5.92 Å². The van der Waals surface area contributed by atoms with Crippen molar-refractivity contribution in [2.45, 2.75) is 5.92 Å². The number of hydrogen-bond donors (Lipinski definition) is 3. The largest absolute Gasteiger partial charge is 0.494 e. The molecule has 0 spiro atoms. The Morgan fingerprint density at radius 3 is 2.81 bits per heavy atom. The topological polar surface area (TPSA) is 91.9 Å². The van der Waals surface area contributed by atoms with Gasteiger partial charge in [0.05, 0.1) is 31.1 Å². The summed E-state index contributed by atoms with van der Waals surface area (Å²) in [5, 5.41) is 13.0. The highest BCUT2D eigenvalue weighted by atomic mass is 16.5. The highest BCUT2D eigenvalue weighted by Crippen LogP contribution is 2.32. The number of aromatic amines is 1. The van der Waals surface area contributed by atoms with Crippen LogP contribution in [0.15, 0.2) is 55.0 Å². The maximum absolute atomic E-state index is 12.9. The third-order valence-corrected chi connectivity index (χ3v) is 4.92. The summed E-state index contributed by atoms with van der Waals surface area (Å²) in [6, 6.07) is 11.9. The first kappa shape index (κ1) is 17.2. The van der Waals surface area contributed by atoms with Crippen LogP contribution in [0.1, 0.15) is 11.5 Å². The van der Waals surface area contributed by atoms with Crippen LogP contribution >= 0.6 is 0 Å². The molecular weight excluding hydrogens is 342 g/mol. The second kappa shape index (κ2) is 7.59. The van der Waals surface area contributed by atoms with Gasteiger partial charge in [0.1, 0.15) is 11.4 Å². The minimum atomic E-state index is -0.148. The monoisotopic (exact) mass is 363 g/mol. The summed E-state index contributed by atoms with van der Waals surface area (Å²) in [5.74, 6) is 0.530. The third-order valence-electron chi connectivity index (χ3n) is 4.92. The molecule has 0 saturated carbocycles. The van der Waals surface area contributed by atoms with Gasteiger partial charge in [-0.25, -0.2) is 0 Å². The van der Waals surface area contributed by atoms with Crippen molar-refractivity contribution in [1.82, 2.24) is 20.5 Å². The molecule has 3 N–H and O–H groups in total. The minimum Gasteiger partial charge on any atom is -0.494 e. The molecule has 7 nitrogen and oxygen atoms in total. The molecule has 1 amide bonds. The third kappa shape index (κ3) is 3.54. The zero-order valence-electron chi connectivity index (χ0n) is 15.0. The van der Waals surface area contributed by atoms with Gasteiger partial charge in [0.25, 0.3) is 0 Å². The van der Waals surface area contributed by atoms with E-state index in [0.29, 0.717) is 18.0 Å². The van der Waals surface area contributed by atoms with Gasteiger partial charge in [0.2, 0.25) is 5.91 Å². The number of anilines is 1. The van der Waals surface area contributed by atoms with Gasteiger partial charge in [-0.15, -0.1) is 0 Å². The molecule has 0 aliphatic carbocycles. The minimum absolute atomic E-state index is 0.0370. The molecule has 0 bridgehead atoms. The van der Waals surface area contributed by atoms with Gasteiger partial charge < -0.3 is 15.4 Å². The van der Waals surface area contributed by atoms with Gasteiger partial charge in [-0.05, 0) is 5.56 Å². The first-order chi connectivity index (χ1) is 13.3. The molecule has 3 heterocycles. The Morgan fingerprint density at radius 1 is 1.22 bits per heavy atom. The summed E-state index contributed by atoms with van der Waals surface area (Å²) in [5.41, 5.74) is 3.31. The van der Waals surface area contributed by atoms with Crippen molar-refractivity contribution >= 4 is 11.6 Å². The standard InChI is InChI=1S/C20H21N5O2/c1-27-19-7-17(14-8-23-24-9-14)22-12-18(19)25-20(26)16-11-21-10-15(16)13-5-3-2-4-6-13/h2-9,12,15-16,21H,10-11H2,1H3,(H,23,24)(H,25,26). The fourth-order valence-corrected chi connectivity index (χ4v) is 3.48. The number of H-pyrrole nitrogens is 1. The number of aromatic nitrogens is 3. The number of methoxy groups -OCH3 is 1. The Hall–Kier alpha value is -3.19. The van der Waals surface area contributed by atoms with Crippen LogP contribution in [-0.4, -0.2) is 41.3 Å². The van der Waals surface area contributed by atoms with Crippen molar-refractivity contribution in [1.29, 1.82) is 0 Å². The van der Waals surface area contributed by atoms with E-state index in [9.17, 15) is 4.79 Å². The average Bonchev–Trinajstić information content (AvgIpc) is 3.41. The van der Waals surface area contributed by atoms with E-state index < -0.39 is 0 Å². The lowest BCUT2D eigenvalue weighted by Crippen LogP contribution is -2.28. The van der Waals surface area contributed by atoms with E-state index in [2.05, 4.69) is 37.9 Å². The smallest absolute Gasteiger partial charge is 0.229 e. The van der Waals surface area contributed by atoms with E-state index in [-0.39, 0.29) is 17.7 Å². The number of nitrogens with zero attached hydrogens (tertiary/aromatic N) is 2.